The van der Waals surface area contributed by atoms with Crippen LogP contribution in [0.4, 0.5) is 11.6 Å². The largest absolute Gasteiger partial charge is 0.365 e. The predicted octanol–water partition coefficient (Wildman–Crippen LogP) is 8.49. The molecule has 0 fully saturated rings. The minimum Gasteiger partial charge on any atom is -0.365 e. The zero-order valence-electron chi connectivity index (χ0n) is 32.1. The molecule has 7 nitrogen and oxygen atoms in total. The molecule has 0 saturated heterocycles. The van der Waals surface area contributed by atoms with E-state index in [9.17, 15) is 0 Å². The summed E-state index contributed by atoms with van der Waals surface area (Å²) in [4.78, 5) is 15.9. The fourth-order valence-electron chi connectivity index (χ4n) is 4.85. The zero-order chi connectivity index (χ0) is 35.9. The molecule has 1 heterocycles. The van der Waals surface area contributed by atoms with Crippen molar-refractivity contribution in [2.75, 3.05) is 22.2 Å². The third-order valence-corrected chi connectivity index (χ3v) is 10.8. The Labute approximate surface area is 297 Å². The van der Waals surface area contributed by atoms with Crippen molar-refractivity contribution in [2.24, 2.45) is 9.98 Å². The minimum absolute atomic E-state index is 0.173. The smallest absolute Gasteiger partial charge is 0.335 e. The highest BCUT2D eigenvalue weighted by Gasteiger charge is 2.33. The Morgan fingerprint density at radius 1 is 0.521 bits per heavy atom. The van der Waals surface area contributed by atoms with Crippen molar-refractivity contribution in [3.8, 4) is 0 Å². The Kier molecular flexibility index (Phi) is 12.9. The first-order valence-electron chi connectivity index (χ1n) is 17.2. The summed E-state index contributed by atoms with van der Waals surface area (Å²) >= 11 is 0. The van der Waals surface area contributed by atoms with Gasteiger partial charge in [0.05, 0.1) is 11.1 Å². The first-order chi connectivity index (χ1) is 22.2. The normalized spacial score (nSPS) is 13.4. The third kappa shape index (κ3) is 11.3. The maximum Gasteiger partial charge on any atom is 0.335 e. The lowest BCUT2D eigenvalue weighted by Crippen LogP contribution is -2.55. The number of benzene rings is 2. The number of pyridine rings is 1. The van der Waals surface area contributed by atoms with Crippen LogP contribution in [0.2, 0.25) is 0 Å². The number of hydrogen-bond donors (Lipinski definition) is 0. The van der Waals surface area contributed by atoms with E-state index in [0.717, 1.165) is 47.5 Å². The summed E-state index contributed by atoms with van der Waals surface area (Å²) in [5.41, 5.74) is 1.44. The molecule has 0 atom stereocenters. The molecule has 0 spiro atoms. The van der Waals surface area contributed by atoms with Gasteiger partial charge >= 0.3 is 19.7 Å². The van der Waals surface area contributed by atoms with E-state index in [4.69, 9.17) is 15.0 Å². The Hall–Kier alpha value is -3.44. The van der Waals surface area contributed by atoms with Crippen molar-refractivity contribution < 1.29 is 0 Å². The molecule has 0 amide bonds. The van der Waals surface area contributed by atoms with Crippen LogP contribution in [0.15, 0.2) is 88.8 Å². The van der Waals surface area contributed by atoms with Gasteiger partial charge in [-0.3, -0.25) is 9.98 Å². The monoisotopic (exact) mass is 681 g/mol. The van der Waals surface area contributed by atoms with Gasteiger partial charge in [-0.15, -0.1) is 0 Å². The van der Waals surface area contributed by atoms with Gasteiger partial charge in [-0.2, -0.15) is 0 Å². The molecule has 0 aliphatic rings. The van der Waals surface area contributed by atoms with Crippen LogP contribution >= 0.6 is 0 Å². The molecular weight excluding hydrogens is 623 g/mol. The van der Waals surface area contributed by atoms with Gasteiger partial charge < -0.3 is 18.3 Å². The highest BCUT2D eigenvalue weighted by atomic mass is 28.2. The van der Waals surface area contributed by atoms with Crippen LogP contribution in [0.5, 0.6) is 0 Å². The zero-order valence-corrected chi connectivity index (χ0v) is 34.1. The second kappa shape index (κ2) is 15.9. The van der Waals surface area contributed by atoms with E-state index < -0.39 is 0 Å². The molecule has 0 aliphatic carbocycles. The summed E-state index contributed by atoms with van der Waals surface area (Å²) in [7, 11) is 0.621. The van der Waals surface area contributed by atoms with E-state index in [-0.39, 0.29) is 22.2 Å². The van der Waals surface area contributed by atoms with Gasteiger partial charge in [0, 0.05) is 35.3 Å². The summed E-state index contributed by atoms with van der Waals surface area (Å²) in [6.45, 7) is 32.7. The number of nitrogens with zero attached hydrogens (tertiary/aromatic N) is 7. The van der Waals surface area contributed by atoms with Gasteiger partial charge in [0.2, 0.25) is 0 Å². The van der Waals surface area contributed by atoms with Crippen molar-refractivity contribution in [3.05, 3.63) is 90.0 Å². The summed E-state index contributed by atoms with van der Waals surface area (Å²) in [6.07, 6.45) is 0. The average Bonchev–Trinajstić information content (AvgIpc) is 2.99. The lowest BCUT2D eigenvalue weighted by Gasteiger charge is -2.42. The van der Waals surface area contributed by atoms with Crippen LogP contribution < -0.4 is 9.13 Å². The van der Waals surface area contributed by atoms with E-state index in [1.807, 2.05) is 0 Å². The quantitative estimate of drug-likeness (QED) is 0.122. The third-order valence-electron chi connectivity index (χ3n) is 7.06. The molecular formula is C39H59N7Si2. The molecule has 48 heavy (non-hydrogen) atoms. The second-order valence-corrected chi connectivity index (χ2v) is 18.4. The van der Waals surface area contributed by atoms with Crippen LogP contribution in [0.1, 0.15) is 108 Å². The molecule has 258 valence electrons. The Balaban J connectivity index is 2.05. The maximum absolute atomic E-state index is 5.33. The summed E-state index contributed by atoms with van der Waals surface area (Å²) in [6, 6.07) is 27.6. The van der Waals surface area contributed by atoms with Gasteiger partial charge in [-0.25, -0.2) is 4.98 Å². The van der Waals surface area contributed by atoms with Gasteiger partial charge in [-0.05, 0) is 109 Å². The Morgan fingerprint density at radius 2 is 0.854 bits per heavy atom. The molecule has 0 bridgehead atoms. The van der Waals surface area contributed by atoms with Gasteiger partial charge in [0.15, 0.2) is 0 Å². The number of amidine groups is 2. The van der Waals surface area contributed by atoms with Crippen molar-refractivity contribution in [1.82, 2.24) is 14.1 Å². The van der Waals surface area contributed by atoms with E-state index in [2.05, 4.69) is 194 Å². The van der Waals surface area contributed by atoms with Crippen LogP contribution in [0.3, 0.4) is 0 Å². The highest BCUT2D eigenvalue weighted by molar-refractivity contribution is 6.45. The predicted molar refractivity (Wildman–Crippen MR) is 210 cm³/mol. The molecule has 4 radical (unpaired) electrons. The molecule has 3 rings (SSSR count). The summed E-state index contributed by atoms with van der Waals surface area (Å²) in [5.74, 6) is 3.94. The van der Waals surface area contributed by atoms with Crippen molar-refractivity contribution >= 4 is 43.0 Å². The number of anilines is 2. The topological polar surface area (TPSA) is 50.6 Å². The molecule has 2 aromatic carbocycles. The Morgan fingerprint density at radius 3 is 1.12 bits per heavy atom. The molecule has 0 unspecified atom stereocenters. The van der Waals surface area contributed by atoms with Crippen molar-refractivity contribution in [1.29, 1.82) is 0 Å². The first kappa shape index (κ1) is 39.0. The molecule has 3 aromatic rings. The number of rotatable bonds is 10. The molecule has 0 N–H and O–H groups in total. The number of aromatic nitrogens is 1. The first-order valence-corrected chi connectivity index (χ1v) is 19.0. The molecule has 1 aromatic heterocycles. The van der Waals surface area contributed by atoms with E-state index in [1.165, 1.54) is 0 Å². The van der Waals surface area contributed by atoms with Crippen molar-refractivity contribution in [3.63, 3.8) is 0 Å². The second-order valence-electron chi connectivity index (χ2n) is 16.0. The minimum atomic E-state index is -0.231. The van der Waals surface area contributed by atoms with E-state index >= 15 is 0 Å². The lowest BCUT2D eigenvalue weighted by molar-refractivity contribution is 0.353. The van der Waals surface area contributed by atoms with Crippen LogP contribution in [0.25, 0.3) is 0 Å². The summed E-state index contributed by atoms with van der Waals surface area (Å²) in [5, 5.41) is 0. The Bertz CT molecular complexity index is 1380. The van der Waals surface area contributed by atoms with Gasteiger partial charge in [-0.1, -0.05) is 66.7 Å². The van der Waals surface area contributed by atoms with E-state index in [1.54, 1.807) is 0 Å². The van der Waals surface area contributed by atoms with Crippen molar-refractivity contribution in [2.45, 2.75) is 119 Å². The fourth-order valence-corrected chi connectivity index (χ4v) is 7.22. The highest BCUT2D eigenvalue weighted by Crippen LogP contribution is 2.26. The fraction of sp³-hybridized carbons (Fsp3) is 0.513. The van der Waals surface area contributed by atoms with Gasteiger partial charge in [0.1, 0.15) is 23.3 Å². The lowest BCUT2D eigenvalue weighted by atomic mass is 10.1. The van der Waals surface area contributed by atoms with Crippen LogP contribution in [-0.2, 0) is 0 Å². The molecule has 0 saturated carbocycles. The standard InChI is InChI=1S/C39H59N7Si2/c1-15-43(47-45(38(9,10)11)34(41-36(3,4)5)30-24-19-17-20-25-30)32-28-23-29-33(40-32)44(16-2)48-46(39(12,13)14)35(42-37(6,7)8)31-26-21-18-22-27-31/h17-29H,15-16H2,1-14H3. The van der Waals surface area contributed by atoms with E-state index in [0.29, 0.717) is 19.7 Å². The summed E-state index contributed by atoms with van der Waals surface area (Å²) < 4.78 is 9.65. The van der Waals surface area contributed by atoms with Gasteiger partial charge in [0.25, 0.3) is 0 Å². The van der Waals surface area contributed by atoms with Crippen LogP contribution in [-0.4, -0.2) is 80.7 Å². The number of hydrogen-bond acceptors (Lipinski definition) is 5. The maximum atomic E-state index is 5.33. The number of aliphatic imine (C=N–C) groups is 2. The SMILES string of the molecule is CCN([Si]N(C(=NC(C)(C)C)c1ccccc1)C(C)(C)C)c1cccc(N(CC)[Si]N(C(=NC(C)(C)C)c2ccccc2)C(C)(C)C)n1. The molecule has 0 aliphatic heterocycles. The average molecular weight is 682 g/mol. The molecule has 9 heteroatoms. The van der Waals surface area contributed by atoms with Crippen LogP contribution in [0, 0.1) is 0 Å².